The highest BCUT2D eigenvalue weighted by molar-refractivity contribution is 6.13. The van der Waals surface area contributed by atoms with Crippen molar-refractivity contribution in [2.24, 2.45) is 5.73 Å². The molecule has 1 saturated heterocycles. The number of para-hydroxylation sites is 1. The Morgan fingerprint density at radius 3 is 2.82 bits per heavy atom. The first-order valence-electron chi connectivity index (χ1n) is 9.03. The largest absolute Gasteiger partial charge is 0.495 e. The quantitative estimate of drug-likeness (QED) is 0.556. The maximum Gasteiger partial charge on any atom is 0.326 e. The van der Waals surface area contributed by atoms with E-state index in [1.807, 2.05) is 18.2 Å². The zero-order valence-electron chi connectivity index (χ0n) is 15.3. The van der Waals surface area contributed by atoms with Gasteiger partial charge in [0.05, 0.1) is 30.4 Å². The van der Waals surface area contributed by atoms with Crippen LogP contribution in [0.25, 0.3) is 21.9 Å². The van der Waals surface area contributed by atoms with Gasteiger partial charge in [0.2, 0.25) is 0 Å². The van der Waals surface area contributed by atoms with E-state index in [0.29, 0.717) is 11.4 Å². The highest BCUT2D eigenvalue weighted by atomic mass is 16.5. The second kappa shape index (κ2) is 6.61. The minimum absolute atomic E-state index is 0.122. The molecule has 0 unspecified atom stereocenters. The van der Waals surface area contributed by atoms with E-state index < -0.39 is 0 Å². The second-order valence-electron chi connectivity index (χ2n) is 6.73. The number of methoxy groups -OCH3 is 1. The molecule has 28 heavy (non-hydrogen) atoms. The number of aromatic amines is 1. The molecule has 4 aromatic rings. The lowest BCUT2D eigenvalue weighted by molar-refractivity contribution is 0.419. The Labute approximate surface area is 160 Å². The molecule has 0 radical (unpaired) electrons. The van der Waals surface area contributed by atoms with Crippen molar-refractivity contribution >= 4 is 27.8 Å². The van der Waals surface area contributed by atoms with Crippen LogP contribution >= 0.6 is 0 Å². The van der Waals surface area contributed by atoms with Gasteiger partial charge in [-0.15, -0.1) is 0 Å². The Kier molecular flexibility index (Phi) is 3.94. The van der Waals surface area contributed by atoms with Crippen molar-refractivity contribution in [3.63, 3.8) is 0 Å². The summed E-state index contributed by atoms with van der Waals surface area (Å²) >= 11 is 0. The van der Waals surface area contributed by atoms with Crippen LogP contribution in [0.1, 0.15) is 6.42 Å². The molecular weight excluding hydrogens is 358 g/mol. The standard InChI is InChI=1S/C19H19N7O2/c1-27-14-4-2-3-13-15-17(23-16(13)14)24-19(28-12-7-21-10-22-8-12)25-18(15)26-6-5-11(20)9-26/h2-4,7-8,10-11H,5-6,9,20H2,1H3,(H,23,24,25)/t11-/m0/s1. The average Bonchev–Trinajstić information content (AvgIpc) is 3.31. The Morgan fingerprint density at radius 2 is 2.07 bits per heavy atom. The van der Waals surface area contributed by atoms with E-state index in [1.54, 1.807) is 19.5 Å². The summed E-state index contributed by atoms with van der Waals surface area (Å²) < 4.78 is 11.3. The first-order chi connectivity index (χ1) is 13.7. The van der Waals surface area contributed by atoms with E-state index in [4.69, 9.17) is 20.2 Å². The number of ether oxygens (including phenoxy) is 2. The predicted octanol–water partition coefficient (Wildman–Crippen LogP) is 2.24. The summed E-state index contributed by atoms with van der Waals surface area (Å²) in [6.07, 6.45) is 5.50. The van der Waals surface area contributed by atoms with E-state index >= 15 is 0 Å². The van der Waals surface area contributed by atoms with Gasteiger partial charge < -0.3 is 25.1 Å². The van der Waals surface area contributed by atoms with Crippen LogP contribution in [-0.2, 0) is 0 Å². The highest BCUT2D eigenvalue weighted by Crippen LogP contribution is 2.37. The number of anilines is 1. The van der Waals surface area contributed by atoms with E-state index in [0.717, 1.165) is 47.4 Å². The fraction of sp³-hybridized carbons (Fsp3) is 0.263. The highest BCUT2D eigenvalue weighted by Gasteiger charge is 2.26. The number of nitrogens with zero attached hydrogens (tertiary/aromatic N) is 5. The van der Waals surface area contributed by atoms with Crippen LogP contribution in [0, 0.1) is 0 Å². The zero-order chi connectivity index (χ0) is 19.1. The van der Waals surface area contributed by atoms with Gasteiger partial charge in [0.25, 0.3) is 0 Å². The molecule has 9 nitrogen and oxygen atoms in total. The minimum atomic E-state index is 0.122. The number of nitrogens with two attached hydrogens (primary N) is 1. The van der Waals surface area contributed by atoms with Gasteiger partial charge in [-0.2, -0.15) is 9.97 Å². The van der Waals surface area contributed by atoms with Crippen LogP contribution in [0.15, 0.2) is 36.9 Å². The maximum atomic E-state index is 6.14. The van der Waals surface area contributed by atoms with Crippen LogP contribution < -0.4 is 20.1 Å². The number of H-pyrrole nitrogens is 1. The molecule has 1 fully saturated rings. The Balaban J connectivity index is 1.72. The Hall–Kier alpha value is -3.46. The topological polar surface area (TPSA) is 115 Å². The van der Waals surface area contributed by atoms with Gasteiger partial charge >= 0.3 is 6.01 Å². The lowest BCUT2D eigenvalue weighted by Gasteiger charge is -2.18. The zero-order valence-corrected chi connectivity index (χ0v) is 15.3. The molecule has 0 spiro atoms. The molecule has 0 aliphatic carbocycles. The van der Waals surface area contributed by atoms with E-state index in [1.165, 1.54) is 6.33 Å². The van der Waals surface area contributed by atoms with Crippen molar-refractivity contribution in [2.45, 2.75) is 12.5 Å². The SMILES string of the molecule is COc1cccc2c1[nH]c1nc(Oc3cncnc3)nc(N3CC[C@H](N)C3)c12. The summed E-state index contributed by atoms with van der Waals surface area (Å²) in [5.74, 6) is 2.02. The molecule has 9 heteroatoms. The van der Waals surface area contributed by atoms with Crippen molar-refractivity contribution in [3.8, 4) is 17.5 Å². The summed E-state index contributed by atoms with van der Waals surface area (Å²) in [6.45, 7) is 1.56. The Bertz CT molecular complexity index is 1150. The van der Waals surface area contributed by atoms with Gasteiger partial charge in [0.1, 0.15) is 23.5 Å². The summed E-state index contributed by atoms with van der Waals surface area (Å²) in [5, 5.41) is 1.93. The van der Waals surface area contributed by atoms with Gasteiger partial charge in [-0.3, -0.25) is 0 Å². The molecule has 142 valence electrons. The van der Waals surface area contributed by atoms with Crippen LogP contribution in [0.5, 0.6) is 17.5 Å². The molecule has 3 N–H and O–H groups in total. The van der Waals surface area contributed by atoms with E-state index in [-0.39, 0.29) is 12.1 Å². The molecule has 0 saturated carbocycles. The van der Waals surface area contributed by atoms with Crippen LogP contribution in [0.4, 0.5) is 5.82 Å². The van der Waals surface area contributed by atoms with Crippen LogP contribution in [0.2, 0.25) is 0 Å². The summed E-state index contributed by atoms with van der Waals surface area (Å²) in [7, 11) is 1.65. The van der Waals surface area contributed by atoms with Gasteiger partial charge in [-0.1, -0.05) is 12.1 Å². The third-order valence-corrected chi connectivity index (χ3v) is 4.90. The smallest absolute Gasteiger partial charge is 0.326 e. The predicted molar refractivity (Wildman–Crippen MR) is 105 cm³/mol. The molecule has 1 aliphatic heterocycles. The third kappa shape index (κ3) is 2.76. The first-order valence-corrected chi connectivity index (χ1v) is 9.03. The maximum absolute atomic E-state index is 6.14. The number of benzene rings is 1. The second-order valence-corrected chi connectivity index (χ2v) is 6.73. The lowest BCUT2D eigenvalue weighted by atomic mass is 10.2. The van der Waals surface area contributed by atoms with Crippen molar-refractivity contribution in [1.29, 1.82) is 0 Å². The monoisotopic (exact) mass is 377 g/mol. The molecular formula is C19H19N7O2. The van der Waals surface area contributed by atoms with Gasteiger partial charge in [0.15, 0.2) is 5.75 Å². The van der Waals surface area contributed by atoms with Crippen molar-refractivity contribution in [3.05, 3.63) is 36.9 Å². The molecule has 0 amide bonds. The average molecular weight is 377 g/mol. The normalized spacial score (nSPS) is 16.8. The Morgan fingerprint density at radius 1 is 1.21 bits per heavy atom. The summed E-state index contributed by atoms with van der Waals surface area (Å²) in [6, 6.07) is 6.25. The summed E-state index contributed by atoms with van der Waals surface area (Å²) in [5.41, 5.74) is 7.69. The number of nitrogens with one attached hydrogen (secondary N) is 1. The van der Waals surface area contributed by atoms with Crippen LogP contribution in [0.3, 0.4) is 0 Å². The first kappa shape index (κ1) is 16.7. The molecule has 0 bridgehead atoms. The van der Waals surface area contributed by atoms with Gasteiger partial charge in [-0.25, -0.2) is 9.97 Å². The molecule has 3 aromatic heterocycles. The van der Waals surface area contributed by atoms with E-state index in [9.17, 15) is 0 Å². The fourth-order valence-electron chi connectivity index (χ4n) is 3.62. The van der Waals surface area contributed by atoms with Gasteiger partial charge in [-0.05, 0) is 12.5 Å². The number of hydrogen-bond acceptors (Lipinski definition) is 8. The van der Waals surface area contributed by atoms with Gasteiger partial charge in [0, 0.05) is 24.5 Å². The fourth-order valence-corrected chi connectivity index (χ4v) is 3.62. The van der Waals surface area contributed by atoms with Crippen molar-refractivity contribution in [2.75, 3.05) is 25.1 Å². The summed E-state index contributed by atoms with van der Waals surface area (Å²) in [4.78, 5) is 22.8. The molecule has 4 heterocycles. The van der Waals surface area contributed by atoms with Crippen molar-refractivity contribution < 1.29 is 9.47 Å². The minimum Gasteiger partial charge on any atom is -0.495 e. The number of rotatable bonds is 4. The molecule has 1 atom stereocenters. The lowest BCUT2D eigenvalue weighted by Crippen LogP contribution is -2.27. The molecule has 1 aliphatic rings. The third-order valence-electron chi connectivity index (χ3n) is 4.90. The number of fused-ring (bicyclic) bond motifs is 3. The van der Waals surface area contributed by atoms with Crippen LogP contribution in [-0.4, -0.2) is 51.2 Å². The van der Waals surface area contributed by atoms with E-state index in [2.05, 4.69) is 24.8 Å². The molecule has 5 rings (SSSR count). The number of hydrogen-bond donors (Lipinski definition) is 2. The van der Waals surface area contributed by atoms with Crippen molar-refractivity contribution in [1.82, 2.24) is 24.9 Å². The number of aromatic nitrogens is 5. The molecule has 1 aromatic carbocycles.